The third-order valence-corrected chi connectivity index (χ3v) is 4.61. The van der Waals surface area contributed by atoms with Crippen molar-refractivity contribution in [1.29, 1.82) is 0 Å². The van der Waals surface area contributed by atoms with Gasteiger partial charge in [0.1, 0.15) is 0 Å². The summed E-state index contributed by atoms with van der Waals surface area (Å²) < 4.78 is 4.96. The van der Waals surface area contributed by atoms with Crippen LogP contribution in [0.1, 0.15) is 27.1 Å². The molecule has 0 aliphatic carbocycles. The van der Waals surface area contributed by atoms with E-state index >= 15 is 0 Å². The summed E-state index contributed by atoms with van der Waals surface area (Å²) in [5.41, 5.74) is 1.13. The molecule has 3 rings (SSSR count). The molecule has 1 fully saturated rings. The molecule has 0 spiro atoms. The van der Waals surface area contributed by atoms with E-state index in [-0.39, 0.29) is 11.8 Å². The standard InChI is InChI=1S/C20H25N5O3/c1-28-15-3-10-21-18(26)16-4-6-17(7-5-16)19(27)24-11-13-25(14-12-24)20-22-8-2-9-23-20/h2,4-9H,3,10-15H2,1H3,(H,21,26). The molecule has 2 aromatic rings. The fourth-order valence-corrected chi connectivity index (χ4v) is 3.03. The van der Waals surface area contributed by atoms with Crippen LogP contribution >= 0.6 is 0 Å². The monoisotopic (exact) mass is 383 g/mol. The summed E-state index contributed by atoms with van der Waals surface area (Å²) in [6.07, 6.45) is 4.20. The molecule has 0 saturated carbocycles. The van der Waals surface area contributed by atoms with Crippen molar-refractivity contribution in [1.82, 2.24) is 20.2 Å². The number of aromatic nitrogens is 2. The molecule has 1 N–H and O–H groups in total. The van der Waals surface area contributed by atoms with Crippen LogP contribution in [0.4, 0.5) is 5.95 Å². The minimum absolute atomic E-state index is 0.0271. The highest BCUT2D eigenvalue weighted by Gasteiger charge is 2.23. The van der Waals surface area contributed by atoms with Gasteiger partial charge in [0.15, 0.2) is 0 Å². The highest BCUT2D eigenvalue weighted by Crippen LogP contribution is 2.13. The molecule has 148 valence electrons. The Morgan fingerprint density at radius 1 is 1.04 bits per heavy atom. The molecule has 1 aliphatic rings. The Morgan fingerprint density at radius 3 is 2.32 bits per heavy atom. The first kappa shape index (κ1) is 19.8. The molecule has 2 heterocycles. The Kier molecular flexibility index (Phi) is 6.91. The maximum absolute atomic E-state index is 12.7. The van der Waals surface area contributed by atoms with Gasteiger partial charge in [-0.3, -0.25) is 9.59 Å². The second-order valence-corrected chi connectivity index (χ2v) is 6.51. The van der Waals surface area contributed by atoms with Gasteiger partial charge < -0.3 is 19.9 Å². The number of hydrogen-bond acceptors (Lipinski definition) is 6. The van der Waals surface area contributed by atoms with Gasteiger partial charge in [-0.25, -0.2) is 9.97 Å². The van der Waals surface area contributed by atoms with Crippen LogP contribution in [0.3, 0.4) is 0 Å². The highest BCUT2D eigenvalue weighted by molar-refractivity contribution is 5.97. The summed E-state index contributed by atoms with van der Waals surface area (Å²) in [6, 6.07) is 8.57. The number of piperazine rings is 1. The molecule has 0 radical (unpaired) electrons. The first-order chi connectivity index (χ1) is 13.7. The van der Waals surface area contributed by atoms with Crippen molar-refractivity contribution in [3.8, 4) is 0 Å². The molecule has 0 bridgehead atoms. The molecule has 28 heavy (non-hydrogen) atoms. The van der Waals surface area contributed by atoms with Gasteiger partial charge in [0.25, 0.3) is 11.8 Å². The first-order valence-electron chi connectivity index (χ1n) is 9.37. The molecule has 1 aliphatic heterocycles. The normalized spacial score (nSPS) is 14.0. The van der Waals surface area contributed by atoms with Crippen molar-refractivity contribution in [3.63, 3.8) is 0 Å². The van der Waals surface area contributed by atoms with Gasteiger partial charge >= 0.3 is 0 Å². The van der Waals surface area contributed by atoms with Crippen LogP contribution in [-0.2, 0) is 4.74 Å². The minimum atomic E-state index is -0.147. The van der Waals surface area contributed by atoms with Gasteiger partial charge in [-0.1, -0.05) is 0 Å². The Morgan fingerprint density at radius 2 is 1.68 bits per heavy atom. The first-order valence-corrected chi connectivity index (χ1v) is 9.37. The summed E-state index contributed by atoms with van der Waals surface area (Å²) >= 11 is 0. The van der Waals surface area contributed by atoms with E-state index in [2.05, 4.69) is 20.2 Å². The van der Waals surface area contributed by atoms with Gasteiger partial charge in [-0.15, -0.1) is 0 Å². The summed E-state index contributed by atoms with van der Waals surface area (Å²) in [5.74, 6) is 0.516. The number of anilines is 1. The Labute approximate surface area is 164 Å². The van der Waals surface area contributed by atoms with E-state index < -0.39 is 0 Å². The third-order valence-electron chi connectivity index (χ3n) is 4.61. The molecule has 1 saturated heterocycles. The van der Waals surface area contributed by atoms with Crippen LogP contribution < -0.4 is 10.2 Å². The van der Waals surface area contributed by atoms with Crippen LogP contribution in [0.2, 0.25) is 0 Å². The van der Waals surface area contributed by atoms with E-state index in [9.17, 15) is 9.59 Å². The van der Waals surface area contributed by atoms with E-state index in [1.54, 1.807) is 49.8 Å². The highest BCUT2D eigenvalue weighted by atomic mass is 16.5. The molecule has 0 unspecified atom stereocenters. The van der Waals surface area contributed by atoms with Crippen molar-refractivity contribution in [2.24, 2.45) is 0 Å². The molecule has 2 amide bonds. The topological polar surface area (TPSA) is 87.7 Å². The molecule has 8 heteroatoms. The van der Waals surface area contributed by atoms with Crippen molar-refractivity contribution in [2.75, 3.05) is 51.3 Å². The van der Waals surface area contributed by atoms with E-state index in [1.165, 1.54) is 0 Å². The average molecular weight is 383 g/mol. The zero-order valence-corrected chi connectivity index (χ0v) is 16.0. The third kappa shape index (κ3) is 5.04. The van der Waals surface area contributed by atoms with Crippen LogP contribution in [0, 0.1) is 0 Å². The fourth-order valence-electron chi connectivity index (χ4n) is 3.03. The predicted octanol–water partition coefficient (Wildman–Crippen LogP) is 1.21. The lowest BCUT2D eigenvalue weighted by molar-refractivity contribution is 0.0745. The number of carbonyl (C=O) groups is 2. The van der Waals surface area contributed by atoms with E-state index in [0.29, 0.717) is 56.4 Å². The Hall–Kier alpha value is -3.00. The van der Waals surface area contributed by atoms with Crippen LogP contribution in [0.25, 0.3) is 0 Å². The Balaban J connectivity index is 1.51. The smallest absolute Gasteiger partial charge is 0.253 e. The van der Waals surface area contributed by atoms with Gasteiger partial charge in [0.05, 0.1) is 0 Å². The average Bonchev–Trinajstić information content (AvgIpc) is 2.77. The molecule has 8 nitrogen and oxygen atoms in total. The van der Waals surface area contributed by atoms with Crippen molar-refractivity contribution >= 4 is 17.8 Å². The van der Waals surface area contributed by atoms with E-state index in [4.69, 9.17) is 4.74 Å². The molecule has 1 aromatic heterocycles. The van der Waals surface area contributed by atoms with Crippen molar-refractivity contribution < 1.29 is 14.3 Å². The summed E-state index contributed by atoms with van der Waals surface area (Å²) in [5, 5.41) is 2.83. The number of rotatable bonds is 7. The van der Waals surface area contributed by atoms with Crippen LogP contribution in [-0.4, -0.2) is 73.1 Å². The summed E-state index contributed by atoms with van der Waals surface area (Å²) in [7, 11) is 1.63. The van der Waals surface area contributed by atoms with Crippen LogP contribution in [0.5, 0.6) is 0 Å². The summed E-state index contributed by atoms with van der Waals surface area (Å²) in [6.45, 7) is 3.77. The number of amides is 2. The lowest BCUT2D eigenvalue weighted by Gasteiger charge is -2.34. The number of nitrogens with zero attached hydrogens (tertiary/aromatic N) is 4. The largest absolute Gasteiger partial charge is 0.385 e. The van der Waals surface area contributed by atoms with Crippen LogP contribution in [0.15, 0.2) is 42.7 Å². The van der Waals surface area contributed by atoms with E-state index in [0.717, 1.165) is 6.42 Å². The maximum atomic E-state index is 12.7. The van der Waals surface area contributed by atoms with E-state index in [1.807, 2.05) is 4.90 Å². The number of carbonyl (C=O) groups excluding carboxylic acids is 2. The SMILES string of the molecule is COCCCNC(=O)c1ccc(C(=O)N2CCN(c3ncccn3)CC2)cc1. The minimum Gasteiger partial charge on any atom is -0.385 e. The summed E-state index contributed by atoms with van der Waals surface area (Å²) in [4.78, 5) is 37.2. The quantitative estimate of drug-likeness (QED) is 0.723. The zero-order valence-electron chi connectivity index (χ0n) is 16.0. The number of hydrogen-bond donors (Lipinski definition) is 1. The number of methoxy groups -OCH3 is 1. The number of nitrogens with one attached hydrogen (secondary N) is 1. The predicted molar refractivity (Wildman–Crippen MR) is 105 cm³/mol. The fraction of sp³-hybridized carbons (Fsp3) is 0.400. The Bertz CT molecular complexity index is 774. The molecular formula is C20H25N5O3. The van der Waals surface area contributed by atoms with Crippen molar-refractivity contribution in [3.05, 3.63) is 53.9 Å². The van der Waals surface area contributed by atoms with Crippen molar-refractivity contribution in [2.45, 2.75) is 6.42 Å². The van der Waals surface area contributed by atoms with Gasteiger partial charge in [0.2, 0.25) is 5.95 Å². The lowest BCUT2D eigenvalue weighted by atomic mass is 10.1. The van der Waals surface area contributed by atoms with Gasteiger partial charge in [-0.05, 0) is 36.8 Å². The zero-order chi connectivity index (χ0) is 19.8. The number of ether oxygens (including phenoxy) is 1. The van der Waals surface area contributed by atoms with Gasteiger partial charge in [-0.2, -0.15) is 0 Å². The molecular weight excluding hydrogens is 358 g/mol. The number of benzene rings is 1. The maximum Gasteiger partial charge on any atom is 0.253 e. The molecule has 1 aromatic carbocycles. The molecule has 0 atom stereocenters. The second-order valence-electron chi connectivity index (χ2n) is 6.51. The lowest BCUT2D eigenvalue weighted by Crippen LogP contribution is -2.49. The van der Waals surface area contributed by atoms with Gasteiger partial charge in [0, 0.05) is 70.0 Å². The second kappa shape index (κ2) is 9.80.